The van der Waals surface area contributed by atoms with Gasteiger partial charge in [-0.2, -0.15) is 8.61 Å². The Morgan fingerprint density at radius 1 is 0.730 bits per heavy atom. The summed E-state index contributed by atoms with van der Waals surface area (Å²) in [7, 11) is -5.78. The molecule has 2 heterocycles. The van der Waals surface area contributed by atoms with Gasteiger partial charge in [0.1, 0.15) is 5.75 Å². The molecule has 0 radical (unpaired) electrons. The standard InChI is InChI=1S/C27H31N3O5S2/c1-21-7-3-6-10-27(21)37(33,34)29-17-15-28(16-18-29)25-19-24(11-12-26(25)35-2)36(31,32)30-14-13-22-8-4-5-9-23(22)20-30/h3-12,19H,13-18,20H2,1-2H3. The second-order valence-corrected chi connectivity index (χ2v) is 13.2. The molecule has 0 aromatic heterocycles. The number of hydrogen-bond donors (Lipinski definition) is 0. The maximum atomic E-state index is 13.6. The lowest BCUT2D eigenvalue weighted by Crippen LogP contribution is -2.49. The number of anilines is 1. The molecule has 1 fully saturated rings. The predicted octanol–water partition coefficient (Wildman–Crippen LogP) is 3.26. The molecule has 0 spiro atoms. The van der Waals surface area contributed by atoms with Crippen molar-refractivity contribution in [1.29, 1.82) is 0 Å². The average molecular weight is 542 g/mol. The van der Waals surface area contributed by atoms with E-state index in [-0.39, 0.29) is 4.90 Å². The Balaban J connectivity index is 1.37. The summed E-state index contributed by atoms with van der Waals surface area (Å²) < 4.78 is 62.2. The Bertz CT molecular complexity index is 1510. The van der Waals surface area contributed by atoms with Gasteiger partial charge in [0.05, 0.1) is 22.6 Å². The van der Waals surface area contributed by atoms with E-state index in [1.165, 1.54) is 14.2 Å². The molecule has 5 rings (SSSR count). The van der Waals surface area contributed by atoms with E-state index in [1.54, 1.807) is 50.4 Å². The van der Waals surface area contributed by atoms with Crippen LogP contribution in [-0.2, 0) is 33.0 Å². The maximum absolute atomic E-state index is 13.6. The molecule has 3 aromatic carbocycles. The Morgan fingerprint density at radius 2 is 1.41 bits per heavy atom. The number of nitrogens with zero attached hydrogens (tertiary/aromatic N) is 3. The molecule has 8 nitrogen and oxygen atoms in total. The zero-order chi connectivity index (χ0) is 26.2. The number of ether oxygens (including phenoxy) is 1. The van der Waals surface area contributed by atoms with E-state index in [0.717, 1.165) is 5.56 Å². The van der Waals surface area contributed by atoms with Crippen molar-refractivity contribution < 1.29 is 21.6 Å². The van der Waals surface area contributed by atoms with Gasteiger partial charge in [0.25, 0.3) is 0 Å². The molecule has 37 heavy (non-hydrogen) atoms. The van der Waals surface area contributed by atoms with Crippen LogP contribution >= 0.6 is 0 Å². The lowest BCUT2D eigenvalue weighted by atomic mass is 10.0. The molecule has 0 bridgehead atoms. The van der Waals surface area contributed by atoms with E-state index >= 15 is 0 Å². The normalized spacial score (nSPS) is 17.4. The van der Waals surface area contributed by atoms with Crippen molar-refractivity contribution in [2.24, 2.45) is 0 Å². The minimum absolute atomic E-state index is 0.206. The van der Waals surface area contributed by atoms with Crippen molar-refractivity contribution in [1.82, 2.24) is 8.61 Å². The van der Waals surface area contributed by atoms with Crippen LogP contribution in [-0.4, -0.2) is 65.3 Å². The SMILES string of the molecule is COc1ccc(S(=O)(=O)N2CCc3ccccc3C2)cc1N1CCN(S(=O)(=O)c2ccccc2C)CC1. The summed E-state index contributed by atoms with van der Waals surface area (Å²) in [4.78, 5) is 2.52. The minimum Gasteiger partial charge on any atom is -0.495 e. The van der Waals surface area contributed by atoms with Gasteiger partial charge in [-0.05, 0) is 54.3 Å². The van der Waals surface area contributed by atoms with Gasteiger partial charge in [-0.3, -0.25) is 0 Å². The van der Waals surface area contributed by atoms with Gasteiger partial charge in [-0.25, -0.2) is 16.8 Å². The van der Waals surface area contributed by atoms with Crippen LogP contribution in [0.15, 0.2) is 76.5 Å². The Kier molecular flexibility index (Phi) is 7.01. The lowest BCUT2D eigenvalue weighted by Gasteiger charge is -2.36. The van der Waals surface area contributed by atoms with Crippen molar-refractivity contribution in [3.8, 4) is 5.75 Å². The third-order valence-corrected chi connectivity index (χ3v) is 11.1. The molecule has 0 atom stereocenters. The van der Waals surface area contributed by atoms with E-state index in [0.29, 0.717) is 67.6 Å². The highest BCUT2D eigenvalue weighted by Gasteiger charge is 2.32. The van der Waals surface area contributed by atoms with Crippen molar-refractivity contribution in [3.05, 3.63) is 83.4 Å². The molecule has 3 aromatic rings. The van der Waals surface area contributed by atoms with Gasteiger partial charge in [0.15, 0.2) is 0 Å². The van der Waals surface area contributed by atoms with Crippen molar-refractivity contribution in [3.63, 3.8) is 0 Å². The van der Waals surface area contributed by atoms with Crippen molar-refractivity contribution >= 4 is 25.7 Å². The summed E-state index contributed by atoms with van der Waals surface area (Å²) in [6, 6.07) is 19.8. The van der Waals surface area contributed by atoms with Crippen LogP contribution in [0, 0.1) is 6.92 Å². The predicted molar refractivity (Wildman–Crippen MR) is 143 cm³/mol. The number of aryl methyl sites for hydroxylation is 1. The lowest BCUT2D eigenvalue weighted by molar-refractivity contribution is 0.377. The average Bonchev–Trinajstić information content (AvgIpc) is 2.92. The number of hydrogen-bond acceptors (Lipinski definition) is 6. The fourth-order valence-corrected chi connectivity index (χ4v) is 8.14. The van der Waals surface area contributed by atoms with Crippen LogP contribution in [0.2, 0.25) is 0 Å². The molecular weight excluding hydrogens is 510 g/mol. The molecule has 2 aliphatic heterocycles. The van der Waals surface area contributed by atoms with Crippen LogP contribution in [0.5, 0.6) is 5.75 Å². The zero-order valence-corrected chi connectivity index (χ0v) is 22.6. The molecule has 10 heteroatoms. The van der Waals surface area contributed by atoms with E-state index < -0.39 is 20.0 Å². The maximum Gasteiger partial charge on any atom is 0.243 e. The summed E-state index contributed by atoms with van der Waals surface area (Å²) in [5, 5.41) is 0. The van der Waals surface area contributed by atoms with Crippen molar-refractivity contribution in [2.75, 3.05) is 44.7 Å². The molecule has 0 aliphatic carbocycles. The summed E-state index contributed by atoms with van der Waals surface area (Å²) in [5.74, 6) is 0.554. The number of fused-ring (bicyclic) bond motifs is 1. The summed E-state index contributed by atoms with van der Waals surface area (Å²) in [6.45, 7) is 3.98. The molecule has 196 valence electrons. The zero-order valence-electron chi connectivity index (χ0n) is 21.0. The Hall–Kier alpha value is -2.92. The molecule has 0 amide bonds. The van der Waals surface area contributed by atoms with Gasteiger partial charge in [-0.15, -0.1) is 0 Å². The van der Waals surface area contributed by atoms with Gasteiger partial charge in [0, 0.05) is 39.3 Å². The fraction of sp³-hybridized carbons (Fsp3) is 0.333. The quantitative estimate of drug-likeness (QED) is 0.476. The molecule has 0 unspecified atom stereocenters. The Labute approximate surface area is 219 Å². The largest absolute Gasteiger partial charge is 0.495 e. The third-order valence-electron chi connectivity index (χ3n) is 7.17. The van der Waals surface area contributed by atoms with Gasteiger partial charge in [-0.1, -0.05) is 42.5 Å². The molecule has 2 aliphatic rings. The van der Waals surface area contributed by atoms with Gasteiger partial charge >= 0.3 is 0 Å². The fourth-order valence-electron chi connectivity index (χ4n) is 5.06. The molecule has 0 N–H and O–H groups in total. The van der Waals surface area contributed by atoms with Crippen LogP contribution in [0.1, 0.15) is 16.7 Å². The number of benzene rings is 3. The highest BCUT2D eigenvalue weighted by Crippen LogP contribution is 2.34. The van der Waals surface area contributed by atoms with Crippen LogP contribution in [0.3, 0.4) is 0 Å². The second-order valence-electron chi connectivity index (χ2n) is 9.35. The van der Waals surface area contributed by atoms with E-state index in [1.807, 2.05) is 35.2 Å². The molecule has 0 saturated carbocycles. The summed E-state index contributed by atoms with van der Waals surface area (Å²) >= 11 is 0. The minimum atomic E-state index is -3.72. The van der Waals surface area contributed by atoms with Gasteiger partial charge < -0.3 is 9.64 Å². The third kappa shape index (κ3) is 4.86. The van der Waals surface area contributed by atoms with E-state index in [2.05, 4.69) is 0 Å². The number of piperazine rings is 1. The van der Waals surface area contributed by atoms with Crippen LogP contribution < -0.4 is 9.64 Å². The van der Waals surface area contributed by atoms with E-state index in [4.69, 9.17) is 4.74 Å². The summed E-state index contributed by atoms with van der Waals surface area (Å²) in [5.41, 5.74) is 3.57. The number of sulfonamides is 2. The first-order chi connectivity index (χ1) is 17.7. The molecular formula is C27H31N3O5S2. The topological polar surface area (TPSA) is 87.2 Å². The highest BCUT2D eigenvalue weighted by atomic mass is 32.2. The second kappa shape index (κ2) is 10.1. The van der Waals surface area contributed by atoms with Gasteiger partial charge in [0.2, 0.25) is 20.0 Å². The molecule has 1 saturated heterocycles. The highest BCUT2D eigenvalue weighted by molar-refractivity contribution is 7.89. The first-order valence-corrected chi connectivity index (χ1v) is 15.2. The monoisotopic (exact) mass is 541 g/mol. The first-order valence-electron chi connectivity index (χ1n) is 12.3. The Morgan fingerprint density at radius 3 is 2.11 bits per heavy atom. The smallest absolute Gasteiger partial charge is 0.243 e. The first kappa shape index (κ1) is 25.7. The van der Waals surface area contributed by atoms with Crippen molar-refractivity contribution in [2.45, 2.75) is 29.7 Å². The number of methoxy groups -OCH3 is 1. The van der Waals surface area contributed by atoms with Crippen LogP contribution in [0.4, 0.5) is 5.69 Å². The van der Waals surface area contributed by atoms with Crippen LogP contribution in [0.25, 0.3) is 0 Å². The summed E-state index contributed by atoms with van der Waals surface area (Å²) in [6.07, 6.45) is 0.676. The number of rotatable bonds is 6. The van der Waals surface area contributed by atoms with E-state index in [9.17, 15) is 16.8 Å².